The summed E-state index contributed by atoms with van der Waals surface area (Å²) in [6, 6.07) is 17.0. The number of aromatic carboxylic acids is 1. The molecule has 2 heterocycles. The van der Waals surface area contributed by atoms with Gasteiger partial charge in [-0.25, -0.2) is 14.5 Å². The zero-order valence-corrected chi connectivity index (χ0v) is 19.6. The van der Waals surface area contributed by atoms with Gasteiger partial charge >= 0.3 is 12.1 Å². The summed E-state index contributed by atoms with van der Waals surface area (Å²) in [6.45, 7) is 0.210. The van der Waals surface area contributed by atoms with Gasteiger partial charge in [0.05, 0.1) is 11.9 Å². The van der Waals surface area contributed by atoms with E-state index in [9.17, 15) is 18.0 Å². The van der Waals surface area contributed by atoms with Crippen LogP contribution in [0.1, 0.15) is 21.6 Å². The molecule has 0 amide bonds. The number of thiol groups is 1. The minimum absolute atomic E-state index is 0.183. The first kappa shape index (κ1) is 23.8. The van der Waals surface area contributed by atoms with E-state index in [0.717, 1.165) is 14.9 Å². The number of carbonyl (C=O) groups is 1. The number of alkyl halides is 3. The number of carboxylic acid groups (broad SMARTS) is 1. The molecule has 0 saturated heterocycles. The van der Waals surface area contributed by atoms with Crippen LogP contribution in [0.15, 0.2) is 76.2 Å². The number of para-hydroxylation sites is 1. The molecule has 4 aromatic rings. The standard InChI is InChI=1S/C23H15BrF3N3O3S/c24-14-9-8-13(19(34)10-14)12-33-18-6-2-1-4-15(18)17-5-3-7-20(29-17)30-21(23(25,26)27)16(11-28-30)22(31)32/h1-11,34H,12H2,(H,31,32). The second kappa shape index (κ2) is 9.51. The van der Waals surface area contributed by atoms with Gasteiger partial charge in [0.25, 0.3) is 0 Å². The number of aromatic nitrogens is 3. The van der Waals surface area contributed by atoms with Crippen LogP contribution in [0, 0.1) is 0 Å². The molecule has 0 atom stereocenters. The molecule has 2 aromatic heterocycles. The Morgan fingerprint density at radius 3 is 2.59 bits per heavy atom. The third-order valence-electron chi connectivity index (χ3n) is 4.81. The minimum Gasteiger partial charge on any atom is -0.488 e. The zero-order chi connectivity index (χ0) is 24.5. The monoisotopic (exact) mass is 549 g/mol. The molecule has 0 aliphatic carbocycles. The average Bonchev–Trinajstić information content (AvgIpc) is 3.25. The summed E-state index contributed by atoms with van der Waals surface area (Å²) < 4.78 is 48.2. The van der Waals surface area contributed by atoms with Crippen LogP contribution in [0.4, 0.5) is 13.2 Å². The molecule has 0 spiro atoms. The summed E-state index contributed by atoms with van der Waals surface area (Å²) in [7, 11) is 0. The molecule has 34 heavy (non-hydrogen) atoms. The summed E-state index contributed by atoms with van der Waals surface area (Å²) >= 11 is 7.83. The van der Waals surface area contributed by atoms with E-state index in [2.05, 4.69) is 38.6 Å². The Bertz CT molecular complexity index is 1380. The number of nitrogens with zero attached hydrogens (tertiary/aromatic N) is 3. The van der Waals surface area contributed by atoms with Crippen molar-refractivity contribution in [3.63, 3.8) is 0 Å². The lowest BCUT2D eigenvalue weighted by molar-refractivity contribution is -0.143. The van der Waals surface area contributed by atoms with Crippen molar-refractivity contribution in [2.24, 2.45) is 0 Å². The highest BCUT2D eigenvalue weighted by molar-refractivity contribution is 9.10. The van der Waals surface area contributed by atoms with Crippen LogP contribution in [-0.2, 0) is 12.8 Å². The van der Waals surface area contributed by atoms with Crippen molar-refractivity contribution in [3.8, 4) is 22.8 Å². The van der Waals surface area contributed by atoms with Crippen molar-refractivity contribution in [3.05, 3.63) is 88.2 Å². The van der Waals surface area contributed by atoms with Crippen molar-refractivity contribution >= 4 is 34.5 Å². The van der Waals surface area contributed by atoms with Crippen molar-refractivity contribution < 1.29 is 27.8 Å². The van der Waals surface area contributed by atoms with Gasteiger partial charge in [-0.05, 0) is 36.4 Å². The number of rotatable bonds is 6. The highest BCUT2D eigenvalue weighted by Gasteiger charge is 2.41. The SMILES string of the molecule is O=C(O)c1cnn(-c2cccc(-c3ccccc3OCc3ccc(Br)cc3S)n2)c1C(F)(F)F. The van der Waals surface area contributed by atoms with Crippen LogP contribution in [-0.4, -0.2) is 25.8 Å². The van der Waals surface area contributed by atoms with E-state index in [1.54, 1.807) is 30.3 Å². The van der Waals surface area contributed by atoms with E-state index in [0.29, 0.717) is 27.9 Å². The summed E-state index contributed by atoms with van der Waals surface area (Å²) in [6.07, 6.45) is -4.29. The summed E-state index contributed by atoms with van der Waals surface area (Å²) in [5, 5.41) is 12.8. The number of pyridine rings is 1. The first-order valence-electron chi connectivity index (χ1n) is 9.70. The minimum atomic E-state index is -4.95. The predicted octanol–water partition coefficient (Wildman–Crippen LogP) is 6.28. The van der Waals surface area contributed by atoms with E-state index in [1.807, 2.05) is 18.2 Å². The molecule has 0 radical (unpaired) electrons. The molecule has 6 nitrogen and oxygen atoms in total. The smallest absolute Gasteiger partial charge is 0.434 e. The maximum Gasteiger partial charge on any atom is 0.434 e. The molecule has 0 unspecified atom stereocenters. The molecular weight excluding hydrogens is 535 g/mol. The fourth-order valence-corrected chi connectivity index (χ4v) is 4.08. The molecule has 0 aliphatic rings. The van der Waals surface area contributed by atoms with Gasteiger partial charge in [0.2, 0.25) is 0 Å². The maximum atomic E-state index is 13.6. The van der Waals surface area contributed by atoms with Gasteiger partial charge in [-0.2, -0.15) is 18.3 Å². The van der Waals surface area contributed by atoms with Crippen molar-refractivity contribution in [1.82, 2.24) is 14.8 Å². The molecule has 1 N–H and O–H groups in total. The Labute approximate surface area is 205 Å². The summed E-state index contributed by atoms with van der Waals surface area (Å²) in [4.78, 5) is 16.3. The van der Waals surface area contributed by atoms with Gasteiger partial charge in [0, 0.05) is 20.5 Å². The van der Waals surface area contributed by atoms with Crippen molar-refractivity contribution in [2.45, 2.75) is 17.7 Å². The second-order valence-electron chi connectivity index (χ2n) is 7.06. The highest BCUT2D eigenvalue weighted by atomic mass is 79.9. The van der Waals surface area contributed by atoms with E-state index >= 15 is 0 Å². The first-order valence-corrected chi connectivity index (χ1v) is 10.9. The number of carboxylic acids is 1. The van der Waals surface area contributed by atoms with Crippen LogP contribution in [0.5, 0.6) is 5.75 Å². The lowest BCUT2D eigenvalue weighted by atomic mass is 10.1. The van der Waals surface area contributed by atoms with Gasteiger partial charge < -0.3 is 9.84 Å². The summed E-state index contributed by atoms with van der Waals surface area (Å²) in [5.74, 6) is -1.45. The first-order chi connectivity index (χ1) is 16.1. The number of ether oxygens (including phenoxy) is 1. The topological polar surface area (TPSA) is 77.2 Å². The lowest BCUT2D eigenvalue weighted by Gasteiger charge is -2.14. The van der Waals surface area contributed by atoms with Gasteiger partial charge in [0.15, 0.2) is 11.5 Å². The van der Waals surface area contributed by atoms with Crippen LogP contribution in [0.3, 0.4) is 0 Å². The maximum absolute atomic E-state index is 13.6. The van der Waals surface area contributed by atoms with Crippen LogP contribution >= 0.6 is 28.6 Å². The summed E-state index contributed by atoms with van der Waals surface area (Å²) in [5.41, 5.74) is -0.654. The van der Waals surface area contributed by atoms with Gasteiger partial charge in [-0.1, -0.05) is 40.2 Å². The fourth-order valence-electron chi connectivity index (χ4n) is 3.26. The third kappa shape index (κ3) is 4.95. The highest BCUT2D eigenvalue weighted by Crippen LogP contribution is 2.35. The Morgan fingerprint density at radius 2 is 1.88 bits per heavy atom. The number of hydrogen-bond donors (Lipinski definition) is 2. The van der Waals surface area contributed by atoms with E-state index in [1.165, 1.54) is 12.1 Å². The molecule has 4 rings (SSSR count). The quantitative estimate of drug-likeness (QED) is 0.277. The van der Waals surface area contributed by atoms with Crippen molar-refractivity contribution in [1.29, 1.82) is 0 Å². The Kier molecular flexibility index (Phi) is 6.67. The largest absolute Gasteiger partial charge is 0.488 e. The van der Waals surface area contributed by atoms with Crippen LogP contribution in [0.2, 0.25) is 0 Å². The molecule has 0 bridgehead atoms. The normalized spacial score (nSPS) is 11.4. The Hall–Kier alpha value is -3.31. The van der Waals surface area contributed by atoms with Gasteiger partial charge in [-0.15, -0.1) is 12.6 Å². The third-order valence-corrected chi connectivity index (χ3v) is 5.72. The van der Waals surface area contributed by atoms with Crippen LogP contribution in [0.25, 0.3) is 17.1 Å². The van der Waals surface area contributed by atoms with E-state index in [-0.39, 0.29) is 12.4 Å². The molecule has 0 saturated carbocycles. The van der Waals surface area contributed by atoms with Gasteiger partial charge in [0.1, 0.15) is 17.9 Å². The average molecular weight is 550 g/mol. The molecule has 174 valence electrons. The lowest BCUT2D eigenvalue weighted by Crippen LogP contribution is -2.18. The van der Waals surface area contributed by atoms with Crippen molar-refractivity contribution in [2.75, 3.05) is 0 Å². The van der Waals surface area contributed by atoms with E-state index in [4.69, 9.17) is 9.84 Å². The second-order valence-corrected chi connectivity index (χ2v) is 8.46. The molecular formula is C23H15BrF3N3O3S. The number of benzene rings is 2. The molecule has 0 aliphatic heterocycles. The number of hydrogen-bond acceptors (Lipinski definition) is 5. The number of halogens is 4. The molecule has 11 heteroatoms. The predicted molar refractivity (Wildman–Crippen MR) is 124 cm³/mol. The van der Waals surface area contributed by atoms with E-state index < -0.39 is 23.4 Å². The molecule has 0 fully saturated rings. The Morgan fingerprint density at radius 1 is 1.12 bits per heavy atom. The fraction of sp³-hybridized carbons (Fsp3) is 0.0870. The van der Waals surface area contributed by atoms with Gasteiger partial charge in [-0.3, -0.25) is 0 Å². The Balaban J connectivity index is 1.71. The molecule has 2 aromatic carbocycles. The zero-order valence-electron chi connectivity index (χ0n) is 17.1. The van der Waals surface area contributed by atoms with Crippen LogP contribution < -0.4 is 4.74 Å².